The fraction of sp³-hybridized carbons (Fsp3) is 0. The van der Waals surface area contributed by atoms with Gasteiger partial charge in [0, 0.05) is 23.3 Å². The number of non-ortho nitro benzene ring substituents is 1. The van der Waals surface area contributed by atoms with Crippen LogP contribution < -0.4 is 5.43 Å². The Morgan fingerprint density at radius 2 is 1.86 bits per heavy atom. The van der Waals surface area contributed by atoms with E-state index in [1.54, 1.807) is 0 Å². The number of halogens is 2. The topological polar surface area (TPSA) is 84.6 Å². The van der Waals surface area contributed by atoms with Crippen LogP contribution in [0.25, 0.3) is 0 Å². The van der Waals surface area contributed by atoms with Gasteiger partial charge in [-0.05, 0) is 30.3 Å². The molecule has 0 saturated carbocycles. The molecule has 0 bridgehead atoms. The summed E-state index contributed by atoms with van der Waals surface area (Å²) in [6, 6.07) is 7.67. The van der Waals surface area contributed by atoms with Gasteiger partial charge in [0.15, 0.2) is 0 Å². The Morgan fingerprint density at radius 1 is 1.18 bits per heavy atom. The minimum absolute atomic E-state index is 0.145. The quantitative estimate of drug-likeness (QED) is 0.535. The van der Waals surface area contributed by atoms with Gasteiger partial charge >= 0.3 is 0 Å². The number of hydrazone groups is 1. The third-order valence-electron chi connectivity index (χ3n) is 2.67. The molecule has 0 heterocycles. The van der Waals surface area contributed by atoms with E-state index in [1.807, 2.05) is 0 Å². The van der Waals surface area contributed by atoms with Crippen LogP contribution in [0, 0.1) is 21.7 Å². The lowest BCUT2D eigenvalue weighted by Gasteiger charge is -2.00. The smallest absolute Gasteiger partial charge is 0.267 e. The molecule has 0 atom stereocenters. The van der Waals surface area contributed by atoms with E-state index in [9.17, 15) is 23.7 Å². The molecule has 0 unspecified atom stereocenters. The molecule has 0 aliphatic rings. The van der Waals surface area contributed by atoms with Gasteiger partial charge in [0.1, 0.15) is 11.6 Å². The minimum atomic E-state index is -0.717. The van der Waals surface area contributed by atoms with Crippen molar-refractivity contribution in [2.45, 2.75) is 0 Å². The number of carbonyl (C=O) groups excluding carboxylic acids is 1. The van der Waals surface area contributed by atoms with Crippen molar-refractivity contribution in [2.75, 3.05) is 0 Å². The number of carbonyl (C=O) groups is 1. The van der Waals surface area contributed by atoms with Crippen molar-refractivity contribution in [3.63, 3.8) is 0 Å². The number of amides is 1. The molecule has 6 nitrogen and oxygen atoms in total. The molecule has 0 spiro atoms. The van der Waals surface area contributed by atoms with Crippen molar-refractivity contribution in [1.29, 1.82) is 0 Å². The van der Waals surface area contributed by atoms with Crippen molar-refractivity contribution in [3.05, 3.63) is 75.3 Å². The number of hydrogen-bond donors (Lipinski definition) is 1. The first kappa shape index (κ1) is 15.2. The number of benzene rings is 2. The molecule has 1 amide bonds. The number of nitrogens with one attached hydrogen (secondary N) is 1. The van der Waals surface area contributed by atoms with Gasteiger partial charge < -0.3 is 0 Å². The lowest BCUT2D eigenvalue weighted by Crippen LogP contribution is -2.17. The normalized spacial score (nSPS) is 10.6. The van der Waals surface area contributed by atoms with Gasteiger partial charge in [-0.3, -0.25) is 14.9 Å². The summed E-state index contributed by atoms with van der Waals surface area (Å²) in [6.07, 6.45) is 0.948. The molecule has 0 fully saturated rings. The molecule has 2 aromatic carbocycles. The predicted octanol–water partition coefficient (Wildman–Crippen LogP) is 2.64. The van der Waals surface area contributed by atoms with E-state index in [0.29, 0.717) is 0 Å². The van der Waals surface area contributed by atoms with E-state index in [4.69, 9.17) is 0 Å². The maximum absolute atomic E-state index is 13.5. The number of rotatable bonds is 4. The Morgan fingerprint density at radius 3 is 2.50 bits per heavy atom. The van der Waals surface area contributed by atoms with Crippen molar-refractivity contribution in [3.8, 4) is 0 Å². The van der Waals surface area contributed by atoms with Crippen molar-refractivity contribution in [1.82, 2.24) is 5.43 Å². The van der Waals surface area contributed by atoms with Crippen LogP contribution >= 0.6 is 0 Å². The van der Waals surface area contributed by atoms with E-state index in [2.05, 4.69) is 10.5 Å². The fourth-order valence-electron chi connectivity index (χ4n) is 1.57. The molecule has 22 heavy (non-hydrogen) atoms. The third-order valence-corrected chi connectivity index (χ3v) is 2.67. The summed E-state index contributed by atoms with van der Waals surface area (Å²) in [4.78, 5) is 21.6. The first-order chi connectivity index (χ1) is 10.5. The summed E-state index contributed by atoms with van der Waals surface area (Å²) >= 11 is 0. The lowest BCUT2D eigenvalue weighted by molar-refractivity contribution is -0.384. The number of hydrogen-bond acceptors (Lipinski definition) is 4. The summed E-state index contributed by atoms with van der Waals surface area (Å²) in [5, 5.41) is 14.1. The highest BCUT2D eigenvalue weighted by molar-refractivity contribution is 5.94. The van der Waals surface area contributed by atoms with Gasteiger partial charge in [-0.25, -0.2) is 14.2 Å². The highest BCUT2D eigenvalue weighted by Crippen LogP contribution is 2.15. The monoisotopic (exact) mass is 305 g/mol. The highest BCUT2D eigenvalue weighted by atomic mass is 19.1. The molecule has 8 heteroatoms. The molecular weight excluding hydrogens is 296 g/mol. The molecule has 1 N–H and O–H groups in total. The van der Waals surface area contributed by atoms with Crippen LogP contribution in [-0.2, 0) is 0 Å². The molecule has 0 aromatic heterocycles. The van der Waals surface area contributed by atoms with Gasteiger partial charge in [0.05, 0.1) is 11.1 Å². The van der Waals surface area contributed by atoms with E-state index >= 15 is 0 Å². The lowest BCUT2D eigenvalue weighted by atomic mass is 10.2. The first-order valence-corrected chi connectivity index (χ1v) is 6.00. The van der Waals surface area contributed by atoms with Crippen LogP contribution in [0.4, 0.5) is 14.5 Å². The van der Waals surface area contributed by atoms with Crippen LogP contribution in [0.1, 0.15) is 15.9 Å². The second-order valence-electron chi connectivity index (χ2n) is 4.17. The summed E-state index contributed by atoms with van der Waals surface area (Å²) in [7, 11) is 0. The third kappa shape index (κ3) is 3.69. The molecule has 112 valence electrons. The average Bonchev–Trinajstić information content (AvgIpc) is 2.49. The van der Waals surface area contributed by atoms with Crippen LogP contribution in [0.15, 0.2) is 47.6 Å². The second-order valence-corrected chi connectivity index (χ2v) is 4.17. The van der Waals surface area contributed by atoms with Crippen molar-refractivity contribution >= 4 is 17.8 Å². The Bertz CT molecular complexity index is 745. The maximum atomic E-state index is 13.5. The minimum Gasteiger partial charge on any atom is -0.267 e. The Hall–Kier alpha value is -3.16. The molecule has 0 aliphatic carbocycles. The van der Waals surface area contributed by atoms with Gasteiger partial charge in [-0.1, -0.05) is 0 Å². The molecule has 0 saturated heterocycles. The van der Waals surface area contributed by atoms with E-state index in [0.717, 1.165) is 36.5 Å². The van der Waals surface area contributed by atoms with E-state index < -0.39 is 22.5 Å². The molecule has 0 aliphatic heterocycles. The largest absolute Gasteiger partial charge is 0.271 e. The average molecular weight is 305 g/mol. The first-order valence-electron chi connectivity index (χ1n) is 6.00. The van der Waals surface area contributed by atoms with E-state index in [1.165, 1.54) is 12.1 Å². The van der Waals surface area contributed by atoms with E-state index in [-0.39, 0.29) is 16.8 Å². The van der Waals surface area contributed by atoms with Crippen molar-refractivity contribution in [2.24, 2.45) is 5.10 Å². The summed E-state index contributed by atoms with van der Waals surface area (Å²) in [5.41, 5.74) is 1.84. The molecule has 2 aromatic rings. The molecule has 2 rings (SSSR count). The molecular formula is C14H9F2N3O3. The standard InChI is InChI=1S/C14H9F2N3O3/c15-11-3-1-9(2-4-11)14(20)18-17-8-10-7-12(19(21)22)5-6-13(10)16/h1-8H,(H,18,20). The highest BCUT2D eigenvalue weighted by Gasteiger charge is 2.09. The zero-order valence-corrected chi connectivity index (χ0v) is 11.0. The number of nitrogens with zero attached hydrogens (tertiary/aromatic N) is 2. The zero-order valence-electron chi connectivity index (χ0n) is 11.0. The Kier molecular flexibility index (Phi) is 4.52. The van der Waals surface area contributed by atoms with Gasteiger partial charge in [-0.2, -0.15) is 5.10 Å². The van der Waals surface area contributed by atoms with Crippen molar-refractivity contribution < 1.29 is 18.5 Å². The zero-order chi connectivity index (χ0) is 16.1. The summed E-state index contributed by atoms with van der Waals surface area (Å²) < 4.78 is 26.2. The van der Waals surface area contributed by atoms with Crippen LogP contribution in [0.5, 0.6) is 0 Å². The predicted molar refractivity (Wildman–Crippen MR) is 74.5 cm³/mol. The summed E-state index contributed by atoms with van der Waals surface area (Å²) in [5.74, 6) is -1.83. The summed E-state index contributed by atoms with van der Waals surface area (Å²) in [6.45, 7) is 0. The van der Waals surface area contributed by atoms with Crippen LogP contribution in [0.2, 0.25) is 0 Å². The second kappa shape index (κ2) is 6.53. The van der Waals surface area contributed by atoms with Gasteiger partial charge in [-0.15, -0.1) is 0 Å². The maximum Gasteiger partial charge on any atom is 0.271 e. The van der Waals surface area contributed by atoms with Gasteiger partial charge in [0.2, 0.25) is 0 Å². The Labute approximate surface area is 123 Å². The fourth-order valence-corrected chi connectivity index (χ4v) is 1.57. The molecule has 0 radical (unpaired) electrons. The van der Waals surface area contributed by atoms with Gasteiger partial charge in [0.25, 0.3) is 11.6 Å². The SMILES string of the molecule is O=C(NN=Cc1cc([N+](=O)[O-])ccc1F)c1ccc(F)cc1. The number of nitro groups is 1. The Balaban J connectivity index is 2.09. The number of nitro benzene ring substituents is 1. The van der Waals surface area contributed by atoms with Crippen LogP contribution in [0.3, 0.4) is 0 Å². The van der Waals surface area contributed by atoms with Crippen LogP contribution in [-0.4, -0.2) is 17.0 Å².